The van der Waals surface area contributed by atoms with Crippen molar-refractivity contribution in [3.63, 3.8) is 0 Å². The lowest BCUT2D eigenvalue weighted by molar-refractivity contribution is -0.141. The normalized spacial score (nSPS) is 12.8. The summed E-state index contributed by atoms with van der Waals surface area (Å²) in [5, 5.41) is 3.07. The van der Waals surface area contributed by atoms with Gasteiger partial charge in [-0.3, -0.25) is 13.9 Å². The van der Waals surface area contributed by atoms with Crippen LogP contribution in [0.2, 0.25) is 0 Å². The third-order valence-corrected chi connectivity index (χ3v) is 8.64. The Bertz CT molecular complexity index is 1420. The van der Waals surface area contributed by atoms with Gasteiger partial charge < -0.3 is 10.2 Å². The molecule has 0 saturated heterocycles. The van der Waals surface area contributed by atoms with Gasteiger partial charge in [0.1, 0.15) is 6.04 Å². The van der Waals surface area contributed by atoms with Gasteiger partial charge in [-0.25, -0.2) is 8.42 Å². The van der Waals surface area contributed by atoms with Crippen LogP contribution in [0.3, 0.4) is 0 Å². The van der Waals surface area contributed by atoms with E-state index in [-0.39, 0.29) is 37.4 Å². The lowest BCUT2D eigenvalue weighted by Crippen LogP contribution is -2.52. The minimum absolute atomic E-state index is 0.0405. The van der Waals surface area contributed by atoms with Gasteiger partial charge in [-0.2, -0.15) is 0 Å². The fraction of sp³-hybridized carbons (Fsp3) is 0.375. The first-order valence-electron chi connectivity index (χ1n) is 13.9. The minimum Gasteiger partial charge on any atom is -0.352 e. The van der Waals surface area contributed by atoms with Crippen molar-refractivity contribution < 1.29 is 18.0 Å². The second-order valence-electron chi connectivity index (χ2n) is 10.5. The number of hydrogen-bond acceptors (Lipinski definition) is 4. The maximum absolute atomic E-state index is 13.9. The van der Waals surface area contributed by atoms with E-state index in [1.54, 1.807) is 11.0 Å². The van der Waals surface area contributed by atoms with E-state index in [9.17, 15) is 18.0 Å². The molecule has 2 amide bonds. The van der Waals surface area contributed by atoms with Crippen molar-refractivity contribution in [1.29, 1.82) is 0 Å². The van der Waals surface area contributed by atoms with E-state index < -0.39 is 16.1 Å². The first-order valence-corrected chi connectivity index (χ1v) is 16.5. The first kappa shape index (κ1) is 32.3. The number of hydrogen-bond donors (Lipinski definition) is 1. The summed E-state index contributed by atoms with van der Waals surface area (Å²) < 4.78 is 27.5. The van der Waals surface area contributed by atoms with E-state index in [4.69, 9.17) is 0 Å². The van der Waals surface area contributed by atoms with Crippen LogP contribution in [0.4, 0.5) is 5.69 Å². The highest BCUT2D eigenvalue weighted by molar-refractivity contribution is 9.10. The first-order chi connectivity index (χ1) is 19.5. The van der Waals surface area contributed by atoms with Crippen LogP contribution >= 0.6 is 15.9 Å². The molecule has 3 aromatic rings. The molecule has 220 valence electrons. The van der Waals surface area contributed by atoms with Crippen molar-refractivity contribution in [2.75, 3.05) is 17.1 Å². The predicted octanol–water partition coefficient (Wildman–Crippen LogP) is 5.86. The van der Waals surface area contributed by atoms with Gasteiger partial charge >= 0.3 is 0 Å². The molecule has 41 heavy (non-hydrogen) atoms. The SMILES string of the molecule is CC[C@@H](C)NC(=O)[C@H](Cc1ccccc1)N(Cc1cccc(Br)c1)C(=O)CCCN(c1cccc(C)c1)S(C)(=O)=O. The van der Waals surface area contributed by atoms with Gasteiger partial charge in [-0.1, -0.05) is 77.5 Å². The summed E-state index contributed by atoms with van der Waals surface area (Å²) >= 11 is 3.51. The smallest absolute Gasteiger partial charge is 0.243 e. The molecule has 3 rings (SSSR count). The molecular weight excluding hydrogens is 602 g/mol. The Kier molecular flexibility index (Phi) is 12.0. The Morgan fingerprint density at radius 1 is 0.951 bits per heavy atom. The van der Waals surface area contributed by atoms with Gasteiger partial charge in [0.05, 0.1) is 11.9 Å². The lowest BCUT2D eigenvalue weighted by Gasteiger charge is -2.33. The maximum atomic E-state index is 13.9. The summed E-state index contributed by atoms with van der Waals surface area (Å²) in [5.74, 6) is -0.410. The van der Waals surface area contributed by atoms with Gasteiger partial charge in [0.2, 0.25) is 21.8 Å². The number of carbonyl (C=O) groups is 2. The zero-order valence-electron chi connectivity index (χ0n) is 24.2. The van der Waals surface area contributed by atoms with Gasteiger partial charge in [0.15, 0.2) is 0 Å². The largest absolute Gasteiger partial charge is 0.352 e. The molecule has 2 atom stereocenters. The summed E-state index contributed by atoms with van der Waals surface area (Å²) in [5.41, 5.74) is 3.36. The molecule has 0 aliphatic carbocycles. The van der Waals surface area contributed by atoms with Crippen LogP contribution < -0.4 is 9.62 Å². The van der Waals surface area contributed by atoms with E-state index >= 15 is 0 Å². The van der Waals surface area contributed by atoms with E-state index in [2.05, 4.69) is 21.2 Å². The van der Waals surface area contributed by atoms with E-state index in [1.165, 1.54) is 10.6 Å². The number of benzene rings is 3. The maximum Gasteiger partial charge on any atom is 0.243 e. The summed E-state index contributed by atoms with van der Waals surface area (Å²) in [4.78, 5) is 29.2. The van der Waals surface area contributed by atoms with Crippen molar-refractivity contribution in [2.24, 2.45) is 0 Å². The predicted molar refractivity (Wildman–Crippen MR) is 169 cm³/mol. The Balaban J connectivity index is 1.89. The van der Waals surface area contributed by atoms with E-state index in [0.717, 1.165) is 27.6 Å². The third kappa shape index (κ3) is 10.0. The summed E-state index contributed by atoms with van der Waals surface area (Å²) in [7, 11) is -3.55. The highest BCUT2D eigenvalue weighted by Crippen LogP contribution is 2.22. The summed E-state index contributed by atoms with van der Waals surface area (Å²) in [6.07, 6.45) is 2.70. The Hall–Kier alpha value is -3.17. The van der Waals surface area contributed by atoms with Crippen LogP contribution in [0.15, 0.2) is 83.3 Å². The fourth-order valence-electron chi connectivity index (χ4n) is 4.61. The number of aryl methyl sites for hydroxylation is 1. The molecule has 0 aromatic heterocycles. The molecule has 0 aliphatic heterocycles. The number of nitrogens with one attached hydrogen (secondary N) is 1. The number of halogens is 1. The molecule has 0 spiro atoms. The molecule has 0 aliphatic rings. The van der Waals surface area contributed by atoms with Crippen LogP contribution in [-0.4, -0.2) is 50.0 Å². The second kappa shape index (κ2) is 15.2. The average Bonchev–Trinajstić information content (AvgIpc) is 2.92. The fourth-order valence-corrected chi connectivity index (χ4v) is 6.02. The summed E-state index contributed by atoms with van der Waals surface area (Å²) in [6.45, 7) is 6.26. The van der Waals surface area contributed by atoms with E-state index in [0.29, 0.717) is 18.5 Å². The number of carbonyl (C=O) groups excluding carboxylic acids is 2. The number of amides is 2. The van der Waals surface area contributed by atoms with Crippen LogP contribution in [0, 0.1) is 6.92 Å². The second-order valence-corrected chi connectivity index (χ2v) is 13.3. The molecular formula is C32H40BrN3O4S. The standard InChI is InChI=1S/C32H40BrN3O4S/c1-5-25(3)34-32(38)30(22-26-13-7-6-8-14-26)35(23-27-15-10-16-28(33)21-27)31(37)18-11-19-36(41(4,39)40)29-17-9-12-24(2)20-29/h6-10,12-17,20-21,25,30H,5,11,18-19,22-23H2,1-4H3,(H,34,38)/t25-,30+/m1/s1. The molecule has 0 heterocycles. The van der Waals surface area contributed by atoms with Crippen LogP contribution in [0.1, 0.15) is 49.8 Å². The Morgan fingerprint density at radius 2 is 1.63 bits per heavy atom. The van der Waals surface area contributed by atoms with Crippen molar-refractivity contribution in [2.45, 2.75) is 65.1 Å². The Morgan fingerprint density at radius 3 is 2.27 bits per heavy atom. The Labute approximate surface area is 253 Å². The van der Waals surface area contributed by atoms with Gasteiger partial charge in [-0.05, 0) is 67.6 Å². The van der Waals surface area contributed by atoms with Crippen molar-refractivity contribution in [3.05, 3.63) is 100 Å². The van der Waals surface area contributed by atoms with Crippen LogP contribution in [-0.2, 0) is 32.6 Å². The van der Waals surface area contributed by atoms with Crippen molar-refractivity contribution in [3.8, 4) is 0 Å². The molecule has 0 bridgehead atoms. The number of anilines is 1. The topological polar surface area (TPSA) is 86.8 Å². The zero-order chi connectivity index (χ0) is 30.0. The third-order valence-electron chi connectivity index (χ3n) is 6.96. The molecule has 3 aromatic carbocycles. The van der Waals surface area contributed by atoms with Crippen molar-refractivity contribution >= 4 is 43.5 Å². The molecule has 0 radical (unpaired) electrons. The molecule has 9 heteroatoms. The number of sulfonamides is 1. The molecule has 0 unspecified atom stereocenters. The quantitative estimate of drug-likeness (QED) is 0.239. The van der Waals surface area contributed by atoms with Gasteiger partial charge in [0.25, 0.3) is 0 Å². The van der Waals surface area contributed by atoms with E-state index in [1.807, 2.05) is 93.6 Å². The van der Waals surface area contributed by atoms with Gasteiger partial charge in [-0.15, -0.1) is 0 Å². The number of rotatable bonds is 14. The summed E-state index contributed by atoms with van der Waals surface area (Å²) in [6, 6.07) is 23.9. The average molecular weight is 643 g/mol. The van der Waals surface area contributed by atoms with Crippen LogP contribution in [0.25, 0.3) is 0 Å². The molecule has 1 N–H and O–H groups in total. The zero-order valence-corrected chi connectivity index (χ0v) is 26.6. The highest BCUT2D eigenvalue weighted by Gasteiger charge is 2.31. The lowest BCUT2D eigenvalue weighted by atomic mass is 10.0. The molecule has 0 saturated carbocycles. The number of nitrogens with zero attached hydrogens (tertiary/aromatic N) is 2. The molecule has 7 nitrogen and oxygen atoms in total. The van der Waals surface area contributed by atoms with Crippen LogP contribution in [0.5, 0.6) is 0 Å². The van der Waals surface area contributed by atoms with Crippen molar-refractivity contribution in [1.82, 2.24) is 10.2 Å². The highest BCUT2D eigenvalue weighted by atomic mass is 79.9. The molecule has 0 fully saturated rings. The monoisotopic (exact) mass is 641 g/mol. The minimum atomic E-state index is -3.55. The van der Waals surface area contributed by atoms with Gasteiger partial charge in [0, 0.05) is 36.4 Å².